The molecule has 16 heavy (non-hydrogen) atoms. The number of thioether (sulfide) groups is 1. The van der Waals surface area contributed by atoms with Crippen molar-refractivity contribution in [2.24, 2.45) is 0 Å². The van der Waals surface area contributed by atoms with E-state index in [1.54, 1.807) is 11.8 Å². The van der Waals surface area contributed by atoms with Gasteiger partial charge < -0.3 is 5.11 Å². The lowest BCUT2D eigenvalue weighted by molar-refractivity contribution is 0.475. The third-order valence-electron chi connectivity index (χ3n) is 2.80. The third-order valence-corrected chi connectivity index (χ3v) is 3.58. The van der Waals surface area contributed by atoms with Crippen molar-refractivity contribution in [1.29, 1.82) is 0 Å². The Morgan fingerprint density at radius 3 is 2.56 bits per heavy atom. The van der Waals surface area contributed by atoms with E-state index in [-0.39, 0.29) is 0 Å². The van der Waals surface area contributed by atoms with E-state index in [2.05, 4.69) is 32.2 Å². The van der Waals surface area contributed by atoms with Gasteiger partial charge in [-0.2, -0.15) is 0 Å². The van der Waals surface area contributed by atoms with Gasteiger partial charge in [0.25, 0.3) is 0 Å². The lowest BCUT2D eigenvalue weighted by Gasteiger charge is -2.13. The van der Waals surface area contributed by atoms with Crippen LogP contribution in [0.15, 0.2) is 35.2 Å². The number of benzene rings is 2. The summed E-state index contributed by atoms with van der Waals surface area (Å²) < 4.78 is 0. The molecular formula is C14H16OS. The minimum Gasteiger partial charge on any atom is -0.508 e. The lowest BCUT2D eigenvalue weighted by atomic mass is 9.95. The highest BCUT2D eigenvalue weighted by molar-refractivity contribution is 7.98. The quantitative estimate of drug-likeness (QED) is 0.775. The van der Waals surface area contributed by atoms with Crippen molar-refractivity contribution in [3.8, 4) is 5.75 Å². The number of hydrogen-bond acceptors (Lipinski definition) is 2. The molecule has 1 nitrogen and oxygen atoms in total. The summed E-state index contributed by atoms with van der Waals surface area (Å²) in [5.74, 6) is 0.775. The Balaban J connectivity index is 2.85. The molecule has 0 radical (unpaired) electrons. The molecule has 0 spiro atoms. The van der Waals surface area contributed by atoms with E-state index >= 15 is 0 Å². The number of hydrogen-bond donors (Lipinski definition) is 1. The molecule has 0 aliphatic rings. The molecule has 0 amide bonds. The summed E-state index contributed by atoms with van der Waals surface area (Å²) in [6.45, 7) is 4.32. The van der Waals surface area contributed by atoms with Crippen LogP contribution in [0.3, 0.4) is 0 Å². The zero-order chi connectivity index (χ0) is 11.7. The summed E-state index contributed by atoms with van der Waals surface area (Å²) in [6, 6.07) is 9.95. The predicted molar refractivity (Wildman–Crippen MR) is 71.5 cm³/mol. The van der Waals surface area contributed by atoms with Gasteiger partial charge in [0.1, 0.15) is 5.75 Å². The van der Waals surface area contributed by atoms with Crippen LogP contribution in [0, 0.1) is 0 Å². The molecule has 2 aromatic rings. The molecule has 0 saturated heterocycles. The van der Waals surface area contributed by atoms with E-state index in [9.17, 15) is 5.11 Å². The smallest absolute Gasteiger partial charge is 0.116 e. The molecule has 84 valence electrons. The van der Waals surface area contributed by atoms with Gasteiger partial charge in [0.2, 0.25) is 0 Å². The van der Waals surface area contributed by atoms with Crippen LogP contribution in [0.25, 0.3) is 10.8 Å². The summed E-state index contributed by atoms with van der Waals surface area (Å²) >= 11 is 1.75. The average Bonchev–Trinajstić information content (AvgIpc) is 2.26. The van der Waals surface area contributed by atoms with Gasteiger partial charge in [0, 0.05) is 4.90 Å². The Kier molecular flexibility index (Phi) is 3.10. The van der Waals surface area contributed by atoms with Crippen LogP contribution in [0.4, 0.5) is 0 Å². The molecule has 0 bridgehead atoms. The third kappa shape index (κ3) is 1.90. The van der Waals surface area contributed by atoms with Crippen molar-refractivity contribution >= 4 is 22.5 Å². The van der Waals surface area contributed by atoms with Crippen LogP contribution in [0.5, 0.6) is 5.75 Å². The second-order valence-corrected chi connectivity index (χ2v) is 5.10. The van der Waals surface area contributed by atoms with Gasteiger partial charge >= 0.3 is 0 Å². The fourth-order valence-electron chi connectivity index (χ4n) is 2.04. The summed E-state index contributed by atoms with van der Waals surface area (Å²) in [5.41, 5.74) is 1.22. The van der Waals surface area contributed by atoms with Crippen molar-refractivity contribution < 1.29 is 5.11 Å². The Labute approximate surface area is 100 Å². The zero-order valence-corrected chi connectivity index (χ0v) is 10.6. The second-order valence-electron chi connectivity index (χ2n) is 4.25. The first kappa shape index (κ1) is 11.3. The minimum atomic E-state index is 0.356. The van der Waals surface area contributed by atoms with E-state index in [1.165, 1.54) is 15.8 Å². The van der Waals surface area contributed by atoms with Gasteiger partial charge in [-0.15, -0.1) is 11.8 Å². The number of fused-ring (bicyclic) bond motifs is 1. The number of phenolic OH excluding ortho intramolecular Hbond substituents is 1. The van der Waals surface area contributed by atoms with Crippen molar-refractivity contribution in [1.82, 2.24) is 0 Å². The van der Waals surface area contributed by atoms with Crippen LogP contribution in [0.2, 0.25) is 0 Å². The van der Waals surface area contributed by atoms with Crippen LogP contribution in [-0.4, -0.2) is 11.4 Å². The molecule has 2 aromatic carbocycles. The first-order chi connectivity index (χ1) is 7.63. The van der Waals surface area contributed by atoms with E-state index in [4.69, 9.17) is 0 Å². The molecule has 0 aliphatic carbocycles. The summed E-state index contributed by atoms with van der Waals surface area (Å²) in [6.07, 6.45) is 2.09. The van der Waals surface area contributed by atoms with E-state index in [0.29, 0.717) is 11.7 Å². The van der Waals surface area contributed by atoms with Crippen LogP contribution in [0.1, 0.15) is 25.3 Å². The molecule has 0 saturated carbocycles. The molecule has 1 N–H and O–H groups in total. The Morgan fingerprint density at radius 2 is 1.94 bits per heavy atom. The number of aromatic hydroxyl groups is 1. The monoisotopic (exact) mass is 232 g/mol. The molecule has 0 fully saturated rings. The van der Waals surface area contributed by atoms with Gasteiger partial charge in [0.15, 0.2) is 0 Å². The molecule has 0 aliphatic heterocycles. The first-order valence-electron chi connectivity index (χ1n) is 5.43. The highest BCUT2D eigenvalue weighted by Gasteiger charge is 2.10. The van der Waals surface area contributed by atoms with Crippen LogP contribution in [-0.2, 0) is 0 Å². The van der Waals surface area contributed by atoms with Crippen molar-refractivity contribution in [3.63, 3.8) is 0 Å². The highest BCUT2D eigenvalue weighted by atomic mass is 32.2. The first-order valence-corrected chi connectivity index (χ1v) is 6.65. The van der Waals surface area contributed by atoms with E-state index < -0.39 is 0 Å². The maximum atomic E-state index is 9.72. The van der Waals surface area contributed by atoms with Gasteiger partial charge in [-0.05, 0) is 46.7 Å². The van der Waals surface area contributed by atoms with Crippen molar-refractivity contribution in [2.45, 2.75) is 24.7 Å². The normalized spacial score (nSPS) is 11.2. The Bertz CT molecular complexity index is 517. The fraction of sp³-hybridized carbons (Fsp3) is 0.286. The average molecular weight is 232 g/mol. The minimum absolute atomic E-state index is 0.356. The largest absolute Gasteiger partial charge is 0.508 e. The Morgan fingerprint density at radius 1 is 1.19 bits per heavy atom. The lowest BCUT2D eigenvalue weighted by Crippen LogP contribution is -1.91. The van der Waals surface area contributed by atoms with E-state index in [1.807, 2.05) is 18.2 Å². The maximum Gasteiger partial charge on any atom is 0.116 e. The molecule has 2 rings (SSSR count). The summed E-state index contributed by atoms with van der Waals surface area (Å²) in [7, 11) is 0. The van der Waals surface area contributed by atoms with Crippen molar-refractivity contribution in [2.75, 3.05) is 6.26 Å². The van der Waals surface area contributed by atoms with E-state index in [0.717, 1.165) is 5.39 Å². The van der Waals surface area contributed by atoms with Crippen LogP contribution < -0.4 is 0 Å². The SMILES string of the molecule is CSc1cccc2cc(O)cc(C(C)C)c12. The van der Waals surface area contributed by atoms with Gasteiger partial charge in [-0.1, -0.05) is 26.0 Å². The molecule has 0 unspecified atom stereocenters. The fourth-order valence-corrected chi connectivity index (χ4v) is 2.69. The summed E-state index contributed by atoms with van der Waals surface area (Å²) in [5, 5.41) is 12.1. The molecule has 2 heteroatoms. The Hall–Kier alpha value is -1.15. The molecule has 0 aromatic heterocycles. The molecule has 0 atom stereocenters. The highest BCUT2D eigenvalue weighted by Crippen LogP contribution is 2.35. The zero-order valence-electron chi connectivity index (χ0n) is 9.82. The topological polar surface area (TPSA) is 20.2 Å². The van der Waals surface area contributed by atoms with Gasteiger partial charge in [-0.3, -0.25) is 0 Å². The van der Waals surface area contributed by atoms with Crippen molar-refractivity contribution in [3.05, 3.63) is 35.9 Å². The van der Waals surface area contributed by atoms with Gasteiger partial charge in [-0.25, -0.2) is 0 Å². The molecular weight excluding hydrogens is 216 g/mol. The van der Waals surface area contributed by atoms with Crippen LogP contribution >= 0.6 is 11.8 Å². The number of phenols is 1. The standard InChI is InChI=1S/C14H16OS/c1-9(2)12-8-11(15)7-10-5-4-6-13(16-3)14(10)12/h4-9,15H,1-3H3. The maximum absolute atomic E-state index is 9.72. The summed E-state index contributed by atoms with van der Waals surface area (Å²) in [4.78, 5) is 1.28. The number of rotatable bonds is 2. The second kappa shape index (κ2) is 4.38. The van der Waals surface area contributed by atoms with Gasteiger partial charge in [0.05, 0.1) is 0 Å². The predicted octanol–water partition coefficient (Wildman–Crippen LogP) is 4.39. The molecule has 0 heterocycles.